The molecule has 0 spiro atoms. The molecular weight excluding hydrogens is 203 g/mol. The topological polar surface area (TPSA) is 141 Å². The molecule has 0 fully saturated rings. The van der Waals surface area contributed by atoms with Gasteiger partial charge in [0, 0.05) is 18.6 Å². The Morgan fingerprint density at radius 1 is 1.33 bits per heavy atom. The summed E-state index contributed by atoms with van der Waals surface area (Å²) in [5.41, 5.74) is 5.16. The fraction of sp³-hybridized carbons (Fsp3) is 0.800. The molecule has 8 N–H and O–H groups in total. The zero-order chi connectivity index (χ0) is 8.73. The van der Waals surface area contributed by atoms with Crippen molar-refractivity contribution in [3.8, 4) is 0 Å². The van der Waals surface area contributed by atoms with E-state index in [0.29, 0.717) is 0 Å². The van der Waals surface area contributed by atoms with E-state index in [9.17, 15) is 4.79 Å². The number of hydrogen-bond donors (Lipinski definition) is 4. The van der Waals surface area contributed by atoms with Crippen LogP contribution in [0.4, 0.5) is 0 Å². The molecule has 0 aliphatic heterocycles. The molecule has 0 heterocycles. The Kier molecular flexibility index (Phi) is 25.4. The molecule has 0 aliphatic rings. The summed E-state index contributed by atoms with van der Waals surface area (Å²) in [5, 5.41) is 14.7. The first-order valence-electron chi connectivity index (χ1n) is 2.80. The third kappa shape index (κ3) is 12.6. The Labute approximate surface area is 83.1 Å². The zero-order valence-corrected chi connectivity index (χ0v) is 8.46. The molecule has 0 rings (SSSR count). The van der Waals surface area contributed by atoms with Crippen molar-refractivity contribution in [2.24, 2.45) is 17.5 Å². The van der Waals surface area contributed by atoms with Crippen molar-refractivity contribution in [3.05, 3.63) is 0 Å². The van der Waals surface area contributed by atoms with Crippen LogP contribution in [-0.4, -0.2) is 27.8 Å². The standard InChI is InChI=1S/C5H11NO2.H3NO.H2O.V/c1-3(2)4(6)5(7)8;1-2;;/h3-4H,6H2,1-2H3,(H,7,8);2H,1H2;1H2;. The number of carboxylic acids is 1. The molecule has 12 heavy (non-hydrogen) atoms. The smallest absolute Gasteiger partial charge is 0.320 e. The van der Waals surface area contributed by atoms with E-state index < -0.39 is 12.0 Å². The van der Waals surface area contributed by atoms with Crippen molar-refractivity contribution in [1.29, 1.82) is 0 Å². The molecule has 0 saturated heterocycles. The molecule has 0 aromatic rings. The Hall–Kier alpha value is -0.106. The van der Waals surface area contributed by atoms with Crippen LogP contribution in [-0.2, 0) is 23.4 Å². The van der Waals surface area contributed by atoms with Gasteiger partial charge in [0.15, 0.2) is 0 Å². The average molecular weight is 219 g/mol. The summed E-state index contributed by atoms with van der Waals surface area (Å²) >= 11 is 0. The molecule has 0 saturated carbocycles. The largest absolute Gasteiger partial charge is 0.480 e. The van der Waals surface area contributed by atoms with E-state index in [1.54, 1.807) is 13.8 Å². The third-order valence-corrected chi connectivity index (χ3v) is 1.00. The van der Waals surface area contributed by atoms with Crippen LogP contribution >= 0.6 is 0 Å². The monoisotopic (exact) mass is 219 g/mol. The van der Waals surface area contributed by atoms with Gasteiger partial charge in [0.2, 0.25) is 0 Å². The van der Waals surface area contributed by atoms with E-state index >= 15 is 0 Å². The molecule has 75 valence electrons. The fourth-order valence-electron chi connectivity index (χ4n) is 0.285. The molecule has 0 bridgehead atoms. The fourth-order valence-corrected chi connectivity index (χ4v) is 0.285. The summed E-state index contributed by atoms with van der Waals surface area (Å²) < 4.78 is 0. The molecule has 0 amide bonds. The van der Waals surface area contributed by atoms with E-state index in [1.807, 2.05) is 0 Å². The van der Waals surface area contributed by atoms with E-state index in [-0.39, 0.29) is 29.9 Å². The van der Waals surface area contributed by atoms with E-state index in [0.717, 1.165) is 0 Å². The van der Waals surface area contributed by atoms with Crippen LogP contribution in [0.3, 0.4) is 0 Å². The van der Waals surface area contributed by atoms with E-state index in [1.165, 1.54) is 0 Å². The van der Waals surface area contributed by atoms with Crippen molar-refractivity contribution in [1.82, 2.24) is 0 Å². The first kappa shape index (κ1) is 22.7. The number of nitrogens with two attached hydrogens (primary N) is 2. The van der Waals surface area contributed by atoms with Crippen LogP contribution in [0.15, 0.2) is 0 Å². The van der Waals surface area contributed by atoms with Crippen molar-refractivity contribution < 1.29 is 39.1 Å². The Balaban J connectivity index is -0.0000000740. The summed E-state index contributed by atoms with van der Waals surface area (Å²) in [7, 11) is 0. The number of carbonyl (C=O) groups is 1. The van der Waals surface area contributed by atoms with Gasteiger partial charge in [-0.1, -0.05) is 13.8 Å². The quantitative estimate of drug-likeness (QED) is 0.421. The van der Waals surface area contributed by atoms with Gasteiger partial charge in [0.25, 0.3) is 0 Å². The second-order valence-electron chi connectivity index (χ2n) is 2.11. The van der Waals surface area contributed by atoms with Gasteiger partial charge in [0.05, 0.1) is 0 Å². The van der Waals surface area contributed by atoms with Crippen molar-refractivity contribution >= 4 is 5.97 Å². The molecule has 0 aliphatic carbocycles. The minimum atomic E-state index is -0.931. The maximum absolute atomic E-state index is 10.0. The number of carboxylic acid groups (broad SMARTS) is 1. The third-order valence-electron chi connectivity index (χ3n) is 1.00. The van der Waals surface area contributed by atoms with Gasteiger partial charge in [-0.05, 0) is 5.92 Å². The van der Waals surface area contributed by atoms with Gasteiger partial charge in [-0.15, -0.1) is 0 Å². The zero-order valence-electron chi connectivity index (χ0n) is 7.06. The van der Waals surface area contributed by atoms with Crippen LogP contribution in [0.25, 0.3) is 0 Å². The van der Waals surface area contributed by atoms with E-state index in [4.69, 9.17) is 16.0 Å². The Morgan fingerprint density at radius 3 is 1.58 bits per heavy atom. The molecular formula is C5H16N2O4V. The summed E-state index contributed by atoms with van der Waals surface area (Å²) in [5.74, 6) is 2.59. The molecule has 1 atom stereocenters. The van der Waals surface area contributed by atoms with Gasteiger partial charge in [0.1, 0.15) is 6.04 Å². The normalized spacial score (nSPS) is 9.83. The molecule has 0 aromatic heterocycles. The summed E-state index contributed by atoms with van der Waals surface area (Å²) in [6, 6.07) is -0.713. The Bertz CT molecular complexity index is 101. The van der Waals surface area contributed by atoms with Crippen LogP contribution < -0.4 is 11.6 Å². The number of hydrogen-bond acceptors (Lipinski definition) is 4. The summed E-state index contributed by atoms with van der Waals surface area (Å²) in [6.07, 6.45) is 0. The molecule has 6 nitrogen and oxygen atoms in total. The predicted octanol–water partition coefficient (Wildman–Crippen LogP) is -1.44. The minimum absolute atomic E-state index is 0. The van der Waals surface area contributed by atoms with E-state index in [2.05, 4.69) is 5.90 Å². The molecule has 1 radical (unpaired) electrons. The van der Waals surface area contributed by atoms with Crippen LogP contribution in [0.2, 0.25) is 0 Å². The van der Waals surface area contributed by atoms with Crippen LogP contribution in [0.1, 0.15) is 13.8 Å². The van der Waals surface area contributed by atoms with Crippen molar-refractivity contribution in [3.63, 3.8) is 0 Å². The Morgan fingerprint density at radius 2 is 1.58 bits per heavy atom. The SMILES string of the molecule is CC(C)C(N)C(=O)O.NO.O.[V]. The van der Waals surface area contributed by atoms with Gasteiger partial charge in [-0.2, -0.15) is 0 Å². The first-order valence-corrected chi connectivity index (χ1v) is 2.80. The summed E-state index contributed by atoms with van der Waals surface area (Å²) in [6.45, 7) is 3.55. The second-order valence-corrected chi connectivity index (χ2v) is 2.11. The van der Waals surface area contributed by atoms with Crippen LogP contribution in [0, 0.1) is 5.92 Å². The first-order chi connectivity index (χ1) is 4.55. The van der Waals surface area contributed by atoms with Gasteiger partial charge in [-0.3, -0.25) is 4.79 Å². The second kappa shape index (κ2) is 13.5. The molecule has 7 heteroatoms. The van der Waals surface area contributed by atoms with Gasteiger partial charge >= 0.3 is 5.97 Å². The van der Waals surface area contributed by atoms with Gasteiger partial charge < -0.3 is 21.5 Å². The van der Waals surface area contributed by atoms with Gasteiger partial charge in [-0.25, -0.2) is 5.90 Å². The molecule has 0 aromatic carbocycles. The maximum atomic E-state index is 10.0. The molecule has 1 unspecified atom stereocenters. The van der Waals surface area contributed by atoms with Crippen LogP contribution in [0.5, 0.6) is 0 Å². The number of aliphatic carboxylic acids is 1. The van der Waals surface area contributed by atoms with Crippen molar-refractivity contribution in [2.45, 2.75) is 19.9 Å². The minimum Gasteiger partial charge on any atom is -0.480 e. The average Bonchev–Trinajstić information content (AvgIpc) is 1.90. The summed E-state index contributed by atoms with van der Waals surface area (Å²) in [4.78, 5) is 10.0. The predicted molar refractivity (Wildman–Crippen MR) is 40.0 cm³/mol. The maximum Gasteiger partial charge on any atom is 0.320 e. The van der Waals surface area contributed by atoms with Crippen molar-refractivity contribution in [2.75, 3.05) is 0 Å². The number of rotatable bonds is 2.